The Kier molecular flexibility index (Phi) is 5.47. The van der Waals surface area contributed by atoms with E-state index in [0.29, 0.717) is 11.8 Å². The molecule has 0 heterocycles. The van der Waals surface area contributed by atoms with Gasteiger partial charge in [-0.1, -0.05) is 6.07 Å². The number of nitrogens with two attached hydrogens (primary N) is 2. The number of rotatable bonds is 6. The van der Waals surface area contributed by atoms with E-state index in [4.69, 9.17) is 20.9 Å². The summed E-state index contributed by atoms with van der Waals surface area (Å²) in [5, 5.41) is 0. The normalized spacial score (nSPS) is 20.5. The highest BCUT2D eigenvalue weighted by molar-refractivity contribution is 5.43. The lowest BCUT2D eigenvalue weighted by atomic mass is 9.83. The van der Waals surface area contributed by atoms with Crippen LogP contribution in [-0.4, -0.2) is 13.2 Å². The minimum Gasteiger partial charge on any atom is -0.493 e. The van der Waals surface area contributed by atoms with E-state index in [1.54, 1.807) is 0 Å². The second-order valence-corrected chi connectivity index (χ2v) is 6.65. The third kappa shape index (κ3) is 4.82. The predicted molar refractivity (Wildman–Crippen MR) is 98.1 cm³/mol. The van der Waals surface area contributed by atoms with E-state index < -0.39 is 0 Å². The molecular formula is C20H26N2O2. The van der Waals surface area contributed by atoms with E-state index in [9.17, 15) is 0 Å². The molecule has 3 rings (SSSR count). The average Bonchev–Trinajstić information content (AvgIpc) is 2.60. The molecule has 0 aromatic heterocycles. The first-order valence-corrected chi connectivity index (χ1v) is 8.66. The number of hydrogen-bond donors (Lipinski definition) is 2. The fraction of sp³-hybridized carbons (Fsp3) is 0.400. The Morgan fingerprint density at radius 2 is 1.29 bits per heavy atom. The van der Waals surface area contributed by atoms with Gasteiger partial charge in [0.25, 0.3) is 0 Å². The lowest BCUT2D eigenvalue weighted by Crippen LogP contribution is -2.23. The maximum absolute atomic E-state index is 5.88. The number of anilines is 2. The summed E-state index contributed by atoms with van der Waals surface area (Å²) in [6.45, 7) is 1.56. The van der Waals surface area contributed by atoms with Gasteiger partial charge in [0, 0.05) is 17.4 Å². The molecule has 2 aromatic rings. The summed E-state index contributed by atoms with van der Waals surface area (Å²) in [5.41, 5.74) is 13.0. The van der Waals surface area contributed by atoms with Crippen LogP contribution < -0.4 is 20.9 Å². The Balaban J connectivity index is 1.37. The topological polar surface area (TPSA) is 70.5 Å². The van der Waals surface area contributed by atoms with Crippen molar-refractivity contribution in [2.45, 2.75) is 25.7 Å². The fourth-order valence-corrected chi connectivity index (χ4v) is 3.16. The maximum Gasteiger partial charge on any atom is 0.121 e. The first-order valence-electron chi connectivity index (χ1n) is 8.66. The largest absolute Gasteiger partial charge is 0.493 e. The van der Waals surface area contributed by atoms with Crippen molar-refractivity contribution in [3.63, 3.8) is 0 Å². The Morgan fingerprint density at radius 3 is 1.88 bits per heavy atom. The lowest BCUT2D eigenvalue weighted by Gasteiger charge is -2.28. The van der Waals surface area contributed by atoms with Crippen LogP contribution in [0.25, 0.3) is 0 Å². The molecule has 0 unspecified atom stereocenters. The van der Waals surface area contributed by atoms with E-state index in [1.165, 1.54) is 25.7 Å². The molecule has 0 spiro atoms. The van der Waals surface area contributed by atoms with Crippen molar-refractivity contribution in [3.05, 3.63) is 48.5 Å². The van der Waals surface area contributed by atoms with Gasteiger partial charge in [-0.2, -0.15) is 0 Å². The van der Waals surface area contributed by atoms with Crippen molar-refractivity contribution >= 4 is 11.4 Å². The van der Waals surface area contributed by atoms with Crippen LogP contribution in [0.3, 0.4) is 0 Å². The van der Waals surface area contributed by atoms with Gasteiger partial charge in [-0.05, 0) is 73.9 Å². The predicted octanol–water partition coefficient (Wildman–Crippen LogP) is 4.12. The molecule has 0 saturated heterocycles. The summed E-state index contributed by atoms with van der Waals surface area (Å²) in [6, 6.07) is 15.3. The SMILES string of the molecule is Nc1ccc(OCC2CCC(COc3cccc(N)c3)CC2)cc1. The Bertz CT molecular complexity index is 634. The van der Waals surface area contributed by atoms with Crippen LogP contribution >= 0.6 is 0 Å². The molecule has 4 heteroatoms. The van der Waals surface area contributed by atoms with Crippen LogP contribution in [0.15, 0.2) is 48.5 Å². The molecule has 0 atom stereocenters. The summed E-state index contributed by atoms with van der Waals surface area (Å²) in [7, 11) is 0. The molecule has 1 saturated carbocycles. The minimum absolute atomic E-state index is 0.624. The van der Waals surface area contributed by atoms with E-state index in [-0.39, 0.29) is 0 Å². The highest BCUT2D eigenvalue weighted by atomic mass is 16.5. The second-order valence-electron chi connectivity index (χ2n) is 6.65. The van der Waals surface area contributed by atoms with Crippen molar-refractivity contribution in [3.8, 4) is 11.5 Å². The standard InChI is InChI=1S/C20H26N2O2/c21-17-8-10-19(11-9-17)23-13-15-4-6-16(7-5-15)14-24-20-3-1-2-18(22)12-20/h1-3,8-12,15-16H,4-7,13-14,21-22H2. The summed E-state index contributed by atoms with van der Waals surface area (Å²) in [5.74, 6) is 3.02. The van der Waals surface area contributed by atoms with E-state index >= 15 is 0 Å². The molecular weight excluding hydrogens is 300 g/mol. The van der Waals surface area contributed by atoms with Crippen LogP contribution in [-0.2, 0) is 0 Å². The van der Waals surface area contributed by atoms with Gasteiger partial charge < -0.3 is 20.9 Å². The maximum atomic E-state index is 5.88. The zero-order valence-corrected chi connectivity index (χ0v) is 14.0. The molecule has 128 valence electrons. The zero-order valence-electron chi connectivity index (χ0n) is 14.0. The van der Waals surface area contributed by atoms with Gasteiger partial charge in [-0.3, -0.25) is 0 Å². The lowest BCUT2D eigenvalue weighted by molar-refractivity contribution is 0.148. The van der Waals surface area contributed by atoms with Gasteiger partial charge in [0.2, 0.25) is 0 Å². The number of nitrogen functional groups attached to an aromatic ring is 2. The molecule has 1 aliphatic rings. The third-order valence-electron chi connectivity index (χ3n) is 4.68. The van der Waals surface area contributed by atoms with Gasteiger partial charge in [-0.25, -0.2) is 0 Å². The molecule has 4 nitrogen and oxygen atoms in total. The van der Waals surface area contributed by atoms with Gasteiger partial charge in [0.15, 0.2) is 0 Å². The van der Waals surface area contributed by atoms with Crippen LogP contribution in [0.1, 0.15) is 25.7 Å². The highest BCUT2D eigenvalue weighted by Crippen LogP contribution is 2.30. The molecule has 24 heavy (non-hydrogen) atoms. The molecule has 2 aromatic carbocycles. The quantitative estimate of drug-likeness (QED) is 0.784. The number of hydrogen-bond acceptors (Lipinski definition) is 4. The first kappa shape index (κ1) is 16.5. The second kappa shape index (κ2) is 7.95. The van der Waals surface area contributed by atoms with Crippen molar-refractivity contribution in [2.24, 2.45) is 11.8 Å². The Morgan fingerprint density at radius 1 is 0.708 bits per heavy atom. The van der Waals surface area contributed by atoms with Crippen molar-refractivity contribution in [1.29, 1.82) is 0 Å². The molecule has 1 aliphatic carbocycles. The van der Waals surface area contributed by atoms with Crippen LogP contribution in [0, 0.1) is 11.8 Å². The van der Waals surface area contributed by atoms with Crippen molar-refractivity contribution < 1.29 is 9.47 Å². The number of ether oxygens (including phenoxy) is 2. The fourth-order valence-electron chi connectivity index (χ4n) is 3.16. The van der Waals surface area contributed by atoms with Crippen LogP contribution in [0.5, 0.6) is 11.5 Å². The summed E-state index contributed by atoms with van der Waals surface area (Å²) < 4.78 is 11.8. The summed E-state index contributed by atoms with van der Waals surface area (Å²) in [6.07, 6.45) is 4.77. The van der Waals surface area contributed by atoms with Gasteiger partial charge in [0.1, 0.15) is 11.5 Å². The van der Waals surface area contributed by atoms with E-state index in [2.05, 4.69) is 0 Å². The monoisotopic (exact) mass is 326 g/mol. The summed E-state index contributed by atoms with van der Waals surface area (Å²) >= 11 is 0. The Hall–Kier alpha value is -2.36. The number of benzene rings is 2. The Labute approximate surface area is 143 Å². The van der Waals surface area contributed by atoms with Crippen molar-refractivity contribution in [1.82, 2.24) is 0 Å². The molecule has 0 bridgehead atoms. The van der Waals surface area contributed by atoms with Gasteiger partial charge in [0.05, 0.1) is 13.2 Å². The summed E-state index contributed by atoms with van der Waals surface area (Å²) in [4.78, 5) is 0. The molecule has 1 fully saturated rings. The molecule has 4 N–H and O–H groups in total. The minimum atomic E-state index is 0.624. The smallest absolute Gasteiger partial charge is 0.121 e. The van der Waals surface area contributed by atoms with Crippen LogP contribution in [0.2, 0.25) is 0 Å². The van der Waals surface area contributed by atoms with Gasteiger partial charge >= 0.3 is 0 Å². The van der Waals surface area contributed by atoms with E-state index in [1.807, 2.05) is 48.5 Å². The molecule has 0 amide bonds. The van der Waals surface area contributed by atoms with E-state index in [0.717, 1.165) is 36.1 Å². The molecule has 0 radical (unpaired) electrons. The first-order chi connectivity index (χ1) is 11.7. The molecule has 0 aliphatic heterocycles. The highest BCUT2D eigenvalue weighted by Gasteiger charge is 2.22. The van der Waals surface area contributed by atoms with Crippen molar-refractivity contribution in [2.75, 3.05) is 24.7 Å². The van der Waals surface area contributed by atoms with Gasteiger partial charge in [-0.15, -0.1) is 0 Å². The zero-order chi connectivity index (χ0) is 16.8. The third-order valence-corrected chi connectivity index (χ3v) is 4.68. The average molecular weight is 326 g/mol. The van der Waals surface area contributed by atoms with Crippen LogP contribution in [0.4, 0.5) is 11.4 Å².